The molecule has 142 valence electrons. The lowest BCUT2D eigenvalue weighted by Crippen LogP contribution is -2.46. The molecule has 0 atom stereocenters. The Morgan fingerprint density at radius 3 is 1.92 bits per heavy atom. The van der Waals surface area contributed by atoms with E-state index in [1.165, 1.54) is 5.56 Å². The van der Waals surface area contributed by atoms with Crippen molar-refractivity contribution in [3.05, 3.63) is 28.8 Å². The fourth-order valence-corrected chi connectivity index (χ4v) is 3.37. The lowest BCUT2D eigenvalue weighted by molar-refractivity contribution is 0.108. The maximum absolute atomic E-state index is 10.9. The summed E-state index contributed by atoms with van der Waals surface area (Å²) in [6, 6.07) is 4.36. The number of hydrogen-bond donors (Lipinski definition) is 2. The highest BCUT2D eigenvalue weighted by atomic mass is 16.3. The van der Waals surface area contributed by atoms with Crippen molar-refractivity contribution in [2.75, 3.05) is 39.3 Å². The van der Waals surface area contributed by atoms with Crippen LogP contribution in [0, 0.1) is 0 Å². The number of aliphatic hydroxyl groups excluding tert-OH is 1. The molecule has 0 radical (unpaired) electrons. The van der Waals surface area contributed by atoms with Crippen molar-refractivity contribution in [1.82, 2.24) is 9.80 Å². The molecule has 1 aromatic carbocycles. The number of rotatable bonds is 4. The minimum atomic E-state index is -0.0834. The smallest absolute Gasteiger partial charge is 0.123 e. The number of hydrogen-bond acceptors (Lipinski definition) is 4. The first kappa shape index (κ1) is 20.2. The molecule has 4 heteroatoms. The van der Waals surface area contributed by atoms with Gasteiger partial charge in [0.15, 0.2) is 0 Å². The van der Waals surface area contributed by atoms with E-state index in [4.69, 9.17) is 5.11 Å². The summed E-state index contributed by atoms with van der Waals surface area (Å²) in [5, 5.41) is 20.0. The van der Waals surface area contributed by atoms with E-state index >= 15 is 0 Å². The first-order valence-electron chi connectivity index (χ1n) is 9.45. The predicted molar refractivity (Wildman–Crippen MR) is 104 cm³/mol. The molecular weight excluding hydrogens is 312 g/mol. The van der Waals surface area contributed by atoms with Crippen LogP contribution in [0.2, 0.25) is 0 Å². The zero-order chi connectivity index (χ0) is 18.8. The van der Waals surface area contributed by atoms with Crippen LogP contribution in [-0.2, 0) is 17.4 Å². The molecule has 0 amide bonds. The van der Waals surface area contributed by atoms with Gasteiger partial charge < -0.3 is 10.2 Å². The minimum absolute atomic E-state index is 0.0578. The Morgan fingerprint density at radius 1 is 0.880 bits per heavy atom. The van der Waals surface area contributed by atoms with Gasteiger partial charge in [-0.3, -0.25) is 9.80 Å². The standard InChI is InChI=1S/C21H36N2O2/c1-20(2,3)17-13-16(19(25)18(14-17)21(4,5)6)15-23-9-7-22(8-10-23)11-12-24/h13-14,24-25H,7-12,15H2,1-6H3. The topological polar surface area (TPSA) is 46.9 Å². The molecule has 0 aliphatic carbocycles. The summed E-state index contributed by atoms with van der Waals surface area (Å²) in [4.78, 5) is 4.70. The van der Waals surface area contributed by atoms with Crippen molar-refractivity contribution in [2.45, 2.75) is 58.9 Å². The van der Waals surface area contributed by atoms with Crippen molar-refractivity contribution >= 4 is 0 Å². The fourth-order valence-electron chi connectivity index (χ4n) is 3.37. The highest BCUT2D eigenvalue weighted by Crippen LogP contribution is 2.38. The van der Waals surface area contributed by atoms with E-state index in [0.29, 0.717) is 5.75 Å². The fraction of sp³-hybridized carbons (Fsp3) is 0.714. The molecule has 1 aromatic rings. The van der Waals surface area contributed by atoms with Crippen LogP contribution in [-0.4, -0.2) is 59.3 Å². The first-order valence-corrected chi connectivity index (χ1v) is 9.45. The van der Waals surface area contributed by atoms with Crippen LogP contribution in [0.1, 0.15) is 58.2 Å². The van der Waals surface area contributed by atoms with Gasteiger partial charge in [0.2, 0.25) is 0 Å². The molecule has 0 aromatic heterocycles. The van der Waals surface area contributed by atoms with Gasteiger partial charge in [0.05, 0.1) is 6.61 Å². The number of benzene rings is 1. The zero-order valence-electron chi connectivity index (χ0n) is 16.9. The second-order valence-corrected chi connectivity index (χ2v) is 9.37. The molecule has 1 aliphatic heterocycles. The van der Waals surface area contributed by atoms with Crippen LogP contribution in [0.4, 0.5) is 0 Å². The monoisotopic (exact) mass is 348 g/mol. The van der Waals surface area contributed by atoms with Crippen LogP contribution < -0.4 is 0 Å². The van der Waals surface area contributed by atoms with Crippen LogP contribution in [0.3, 0.4) is 0 Å². The van der Waals surface area contributed by atoms with Crippen molar-refractivity contribution in [2.24, 2.45) is 0 Å². The highest BCUT2D eigenvalue weighted by molar-refractivity contribution is 5.48. The third-order valence-corrected chi connectivity index (χ3v) is 5.14. The summed E-state index contributed by atoms with van der Waals surface area (Å²) < 4.78 is 0. The average molecular weight is 349 g/mol. The highest BCUT2D eigenvalue weighted by Gasteiger charge is 2.26. The number of phenolic OH excluding ortho intramolecular Hbond substituents is 1. The number of aromatic hydroxyl groups is 1. The Labute approximate surface area is 153 Å². The van der Waals surface area contributed by atoms with Crippen LogP contribution in [0.25, 0.3) is 0 Å². The molecule has 1 fully saturated rings. The molecule has 0 bridgehead atoms. The molecule has 1 aliphatic rings. The molecule has 0 saturated carbocycles. The maximum Gasteiger partial charge on any atom is 0.123 e. The summed E-state index contributed by atoms with van der Waals surface area (Å²) in [7, 11) is 0. The Morgan fingerprint density at radius 2 is 1.44 bits per heavy atom. The van der Waals surface area contributed by atoms with E-state index in [9.17, 15) is 5.11 Å². The quantitative estimate of drug-likeness (QED) is 0.878. The average Bonchev–Trinajstić information content (AvgIpc) is 2.49. The summed E-state index contributed by atoms with van der Waals surface area (Å²) in [6.07, 6.45) is 0. The second-order valence-electron chi connectivity index (χ2n) is 9.37. The Balaban J connectivity index is 2.25. The summed E-state index contributed by atoms with van der Waals surface area (Å²) in [6.45, 7) is 18.8. The van der Waals surface area contributed by atoms with E-state index in [0.717, 1.165) is 50.4 Å². The van der Waals surface area contributed by atoms with Crippen molar-refractivity contribution in [3.63, 3.8) is 0 Å². The normalized spacial score (nSPS) is 17.9. The van der Waals surface area contributed by atoms with Gasteiger partial charge in [-0.25, -0.2) is 0 Å². The number of phenols is 1. The molecule has 2 rings (SSSR count). The number of aliphatic hydroxyl groups is 1. The summed E-state index contributed by atoms with van der Waals surface area (Å²) >= 11 is 0. The van der Waals surface area contributed by atoms with Gasteiger partial charge in [-0.15, -0.1) is 0 Å². The van der Waals surface area contributed by atoms with Gasteiger partial charge in [0, 0.05) is 44.8 Å². The van der Waals surface area contributed by atoms with E-state index in [1.807, 2.05) is 0 Å². The third kappa shape index (κ3) is 5.19. The first-order chi connectivity index (χ1) is 11.5. The Bertz CT molecular complexity index is 577. The second kappa shape index (κ2) is 7.65. The maximum atomic E-state index is 10.9. The minimum Gasteiger partial charge on any atom is -0.507 e. The van der Waals surface area contributed by atoms with E-state index in [1.54, 1.807) is 0 Å². The van der Waals surface area contributed by atoms with Gasteiger partial charge in [-0.2, -0.15) is 0 Å². The van der Waals surface area contributed by atoms with Crippen LogP contribution in [0.5, 0.6) is 5.75 Å². The van der Waals surface area contributed by atoms with E-state index in [-0.39, 0.29) is 17.4 Å². The lowest BCUT2D eigenvalue weighted by Gasteiger charge is -2.35. The van der Waals surface area contributed by atoms with Crippen molar-refractivity contribution in [1.29, 1.82) is 0 Å². The van der Waals surface area contributed by atoms with Gasteiger partial charge in [-0.05, 0) is 22.0 Å². The molecule has 0 spiro atoms. The van der Waals surface area contributed by atoms with Crippen LogP contribution >= 0.6 is 0 Å². The molecule has 25 heavy (non-hydrogen) atoms. The van der Waals surface area contributed by atoms with Gasteiger partial charge in [0.1, 0.15) is 5.75 Å². The Hall–Kier alpha value is -1.10. The molecular formula is C21H36N2O2. The lowest BCUT2D eigenvalue weighted by atomic mass is 9.79. The molecule has 2 N–H and O–H groups in total. The van der Waals surface area contributed by atoms with E-state index < -0.39 is 0 Å². The van der Waals surface area contributed by atoms with Gasteiger partial charge in [-0.1, -0.05) is 53.7 Å². The van der Waals surface area contributed by atoms with E-state index in [2.05, 4.69) is 63.5 Å². The number of nitrogens with zero attached hydrogens (tertiary/aromatic N) is 2. The van der Waals surface area contributed by atoms with Crippen molar-refractivity contribution in [3.8, 4) is 5.75 Å². The SMILES string of the molecule is CC(C)(C)c1cc(CN2CCN(CCO)CC2)c(O)c(C(C)(C)C)c1. The third-order valence-electron chi connectivity index (χ3n) is 5.14. The van der Waals surface area contributed by atoms with Gasteiger partial charge in [0.25, 0.3) is 0 Å². The van der Waals surface area contributed by atoms with Gasteiger partial charge >= 0.3 is 0 Å². The predicted octanol–water partition coefficient (Wildman–Crippen LogP) is 3.10. The van der Waals surface area contributed by atoms with Crippen molar-refractivity contribution < 1.29 is 10.2 Å². The molecule has 0 unspecified atom stereocenters. The molecule has 1 heterocycles. The van der Waals surface area contributed by atoms with Crippen LogP contribution in [0.15, 0.2) is 12.1 Å². The number of β-amino-alcohol motifs (C(OH)–C–C–N with tert-alkyl or cyclic N) is 1. The Kier molecular flexibility index (Phi) is 6.18. The molecule has 1 saturated heterocycles. The zero-order valence-corrected chi connectivity index (χ0v) is 16.9. The summed E-state index contributed by atoms with van der Waals surface area (Å²) in [5.74, 6) is 0.457. The summed E-state index contributed by atoms with van der Waals surface area (Å²) in [5.41, 5.74) is 3.33. The number of piperazine rings is 1. The largest absolute Gasteiger partial charge is 0.507 e. The molecule has 4 nitrogen and oxygen atoms in total.